The molecule has 1 aliphatic heterocycles. The number of amides is 1. The van der Waals surface area contributed by atoms with Crippen LogP contribution < -0.4 is 20.3 Å². The van der Waals surface area contributed by atoms with Gasteiger partial charge in [0.2, 0.25) is 0 Å². The normalized spacial score (nSPS) is 18.8. The quantitative estimate of drug-likeness (QED) is 0.506. The van der Waals surface area contributed by atoms with Gasteiger partial charge in [0.1, 0.15) is 16.6 Å². The second-order valence-electron chi connectivity index (χ2n) is 8.08. The molecule has 2 N–H and O–H groups in total. The van der Waals surface area contributed by atoms with Gasteiger partial charge < -0.3 is 24.7 Å². The van der Waals surface area contributed by atoms with Gasteiger partial charge in [0.05, 0.1) is 18.4 Å². The van der Waals surface area contributed by atoms with Gasteiger partial charge in [-0.3, -0.25) is 14.8 Å². The summed E-state index contributed by atoms with van der Waals surface area (Å²) in [5, 5.41) is 6.46. The number of rotatable bonds is 4. The van der Waals surface area contributed by atoms with Crippen LogP contribution in [0.15, 0.2) is 47.1 Å². The fraction of sp³-hybridized carbons (Fsp3) is 0.304. The number of nitrogens with zero attached hydrogens (tertiary/aromatic N) is 4. The van der Waals surface area contributed by atoms with Gasteiger partial charge in [0, 0.05) is 49.3 Å². The van der Waals surface area contributed by atoms with Crippen molar-refractivity contribution in [2.45, 2.75) is 25.9 Å². The Labute approximate surface area is 184 Å². The number of oxazole rings is 1. The summed E-state index contributed by atoms with van der Waals surface area (Å²) in [7, 11) is 1.49. The fourth-order valence-corrected chi connectivity index (χ4v) is 4.27. The maximum Gasteiger partial charge on any atom is 0.394 e. The van der Waals surface area contributed by atoms with E-state index in [-0.39, 0.29) is 12.0 Å². The van der Waals surface area contributed by atoms with Crippen molar-refractivity contribution in [1.82, 2.24) is 20.3 Å². The van der Waals surface area contributed by atoms with Crippen LogP contribution in [0.3, 0.4) is 0 Å². The summed E-state index contributed by atoms with van der Waals surface area (Å²) >= 11 is 0. The number of nitrogens with one attached hydrogen (secondary N) is 2. The molecule has 4 aromatic rings. The fourth-order valence-electron chi connectivity index (χ4n) is 4.27. The lowest BCUT2D eigenvalue weighted by atomic mass is 10.1. The molecular weight excluding hydrogens is 408 g/mol. The van der Waals surface area contributed by atoms with Crippen LogP contribution in [-0.4, -0.2) is 53.1 Å². The highest BCUT2D eigenvalue weighted by Crippen LogP contribution is 2.29. The molecule has 0 saturated carbocycles. The molecule has 1 fully saturated rings. The molecule has 0 radical (unpaired) electrons. The van der Waals surface area contributed by atoms with Gasteiger partial charge in [-0.15, -0.1) is 0 Å². The second kappa shape index (κ2) is 8.08. The molecule has 1 amide bonds. The van der Waals surface area contributed by atoms with Crippen molar-refractivity contribution in [3.8, 4) is 6.08 Å². The van der Waals surface area contributed by atoms with Gasteiger partial charge in [-0.05, 0) is 38.1 Å². The van der Waals surface area contributed by atoms with Crippen molar-refractivity contribution in [1.29, 1.82) is 0 Å². The molecule has 164 valence electrons. The Balaban J connectivity index is 1.47. The zero-order chi connectivity index (χ0) is 22.2. The van der Waals surface area contributed by atoms with E-state index in [0.717, 1.165) is 24.3 Å². The predicted octanol–water partition coefficient (Wildman–Crippen LogP) is 3.22. The molecule has 9 nitrogen and oxygen atoms in total. The molecule has 5 rings (SSSR count). The van der Waals surface area contributed by atoms with Gasteiger partial charge >= 0.3 is 6.08 Å². The number of carbonyl (C=O) groups excluding carboxylic acids is 1. The Morgan fingerprint density at radius 1 is 1.12 bits per heavy atom. The summed E-state index contributed by atoms with van der Waals surface area (Å²) < 4.78 is 10.5. The Morgan fingerprint density at radius 3 is 2.62 bits per heavy atom. The molecule has 0 aliphatic carbocycles. The third-order valence-electron chi connectivity index (χ3n) is 5.55. The molecule has 0 bridgehead atoms. The average molecular weight is 432 g/mol. The van der Waals surface area contributed by atoms with E-state index in [4.69, 9.17) is 9.15 Å². The van der Waals surface area contributed by atoms with Crippen LogP contribution in [0.2, 0.25) is 0 Å². The van der Waals surface area contributed by atoms with E-state index in [9.17, 15) is 4.79 Å². The van der Waals surface area contributed by atoms with Crippen LogP contribution in [0.5, 0.6) is 6.08 Å². The molecule has 2 aromatic heterocycles. The van der Waals surface area contributed by atoms with Crippen LogP contribution in [0.1, 0.15) is 24.2 Å². The number of methoxy groups -OCH3 is 1. The summed E-state index contributed by atoms with van der Waals surface area (Å²) in [6, 6.07) is 9.75. The topological polar surface area (TPSA) is 105 Å². The van der Waals surface area contributed by atoms with Gasteiger partial charge in [-0.25, -0.2) is 0 Å². The van der Waals surface area contributed by atoms with Crippen molar-refractivity contribution in [3.63, 3.8) is 0 Å². The van der Waals surface area contributed by atoms with E-state index in [1.165, 1.54) is 7.11 Å². The lowest BCUT2D eigenvalue weighted by Gasteiger charge is -2.38. The second-order valence-corrected chi connectivity index (χ2v) is 8.08. The Morgan fingerprint density at radius 2 is 1.88 bits per heavy atom. The van der Waals surface area contributed by atoms with Crippen molar-refractivity contribution < 1.29 is 13.9 Å². The monoisotopic (exact) mass is 432 g/mol. The number of aromatic nitrogens is 3. The summed E-state index contributed by atoms with van der Waals surface area (Å²) in [5.41, 5.74) is 4.51. The number of hydrogen-bond donors (Lipinski definition) is 2. The lowest BCUT2D eigenvalue weighted by Crippen LogP contribution is -2.54. The zero-order valence-electron chi connectivity index (χ0n) is 18.1. The number of piperazine rings is 1. The van der Waals surface area contributed by atoms with E-state index in [2.05, 4.69) is 44.3 Å². The zero-order valence-corrected chi connectivity index (χ0v) is 18.1. The van der Waals surface area contributed by atoms with Crippen LogP contribution in [-0.2, 0) is 0 Å². The molecule has 2 atom stereocenters. The smallest absolute Gasteiger partial charge is 0.394 e. The molecule has 9 heteroatoms. The highest BCUT2D eigenvalue weighted by atomic mass is 16.6. The van der Waals surface area contributed by atoms with Gasteiger partial charge in [-0.2, -0.15) is 4.98 Å². The SMILES string of the molecule is COc1nc2ccc(NC(=O)c3ccc(N4C[C@@H](C)N[C@H](C)C4)c4nccnc34)cc2o1. The highest BCUT2D eigenvalue weighted by molar-refractivity contribution is 6.13. The predicted molar refractivity (Wildman–Crippen MR) is 122 cm³/mol. The first kappa shape index (κ1) is 20.2. The van der Waals surface area contributed by atoms with Crippen LogP contribution in [0.25, 0.3) is 22.1 Å². The van der Waals surface area contributed by atoms with Crippen LogP contribution >= 0.6 is 0 Å². The number of benzene rings is 2. The maximum atomic E-state index is 13.1. The summed E-state index contributed by atoms with van der Waals surface area (Å²) in [5.74, 6) is -0.269. The third-order valence-corrected chi connectivity index (χ3v) is 5.55. The largest absolute Gasteiger partial charge is 0.453 e. The van der Waals surface area contributed by atoms with E-state index in [1.807, 2.05) is 12.1 Å². The van der Waals surface area contributed by atoms with Crippen LogP contribution in [0.4, 0.5) is 11.4 Å². The van der Waals surface area contributed by atoms with Crippen molar-refractivity contribution in [2.75, 3.05) is 30.4 Å². The summed E-state index contributed by atoms with van der Waals surface area (Å²) in [4.78, 5) is 28.7. The van der Waals surface area contributed by atoms with Gasteiger partial charge in [-0.1, -0.05) is 0 Å². The minimum Gasteiger partial charge on any atom is -0.453 e. The van der Waals surface area contributed by atoms with E-state index >= 15 is 0 Å². The van der Waals surface area contributed by atoms with E-state index in [1.54, 1.807) is 30.6 Å². The summed E-state index contributed by atoms with van der Waals surface area (Å²) in [6.07, 6.45) is 3.45. The minimum atomic E-state index is -0.269. The van der Waals surface area contributed by atoms with E-state index in [0.29, 0.717) is 40.0 Å². The molecule has 0 spiro atoms. The minimum absolute atomic E-state index is 0.178. The van der Waals surface area contributed by atoms with Crippen molar-refractivity contribution in [3.05, 3.63) is 48.3 Å². The maximum absolute atomic E-state index is 13.1. The van der Waals surface area contributed by atoms with Crippen molar-refractivity contribution >= 4 is 39.4 Å². The first-order valence-electron chi connectivity index (χ1n) is 10.5. The number of fused-ring (bicyclic) bond motifs is 2. The Bertz CT molecular complexity index is 1290. The average Bonchev–Trinajstić information content (AvgIpc) is 3.20. The molecule has 3 heterocycles. The number of carbonyl (C=O) groups is 1. The molecule has 1 saturated heterocycles. The molecule has 1 aliphatic rings. The third kappa shape index (κ3) is 3.71. The Kier molecular flexibility index (Phi) is 5.10. The number of hydrogen-bond acceptors (Lipinski definition) is 8. The van der Waals surface area contributed by atoms with Gasteiger partial charge in [0.15, 0.2) is 5.58 Å². The number of anilines is 2. The molecule has 2 aromatic carbocycles. The number of ether oxygens (including phenoxy) is 1. The molecule has 32 heavy (non-hydrogen) atoms. The first-order valence-corrected chi connectivity index (χ1v) is 10.5. The van der Waals surface area contributed by atoms with E-state index < -0.39 is 0 Å². The van der Waals surface area contributed by atoms with Gasteiger partial charge in [0.25, 0.3) is 5.91 Å². The molecular formula is C23H24N6O3. The standard InChI is InChI=1S/C23H24N6O3/c1-13-11-29(12-14(2)26-13)18-7-5-16(20-21(18)25-9-8-24-20)22(30)27-15-4-6-17-19(10-15)32-23(28-17)31-3/h4-10,13-14,26H,11-12H2,1-3H3,(H,27,30)/t13-,14-/m1/s1. The Hall–Kier alpha value is -3.72. The summed E-state index contributed by atoms with van der Waals surface area (Å²) in [6.45, 7) is 6.06. The lowest BCUT2D eigenvalue weighted by molar-refractivity contribution is 0.102. The molecule has 0 unspecified atom stereocenters. The highest BCUT2D eigenvalue weighted by Gasteiger charge is 2.24. The van der Waals surface area contributed by atoms with Crippen LogP contribution in [0, 0.1) is 0 Å². The first-order chi connectivity index (χ1) is 15.5. The van der Waals surface area contributed by atoms with Crippen molar-refractivity contribution in [2.24, 2.45) is 0 Å².